The van der Waals surface area contributed by atoms with Crippen molar-refractivity contribution in [1.82, 2.24) is 0 Å². The Balaban J connectivity index is 1.32. The van der Waals surface area contributed by atoms with Crippen LogP contribution in [-0.4, -0.2) is 63.2 Å². The number of carbonyl (C=O) groups is 1. The van der Waals surface area contributed by atoms with Gasteiger partial charge in [-0.05, 0) is 85.9 Å². The molecule has 4 N–H and O–H groups in total. The molecule has 0 unspecified atom stereocenters. The third kappa shape index (κ3) is 3.37. The van der Waals surface area contributed by atoms with Gasteiger partial charge in [0.25, 0.3) is 0 Å². The van der Waals surface area contributed by atoms with Crippen molar-refractivity contribution in [1.29, 1.82) is 0 Å². The highest BCUT2D eigenvalue weighted by Crippen LogP contribution is 2.66. The van der Waals surface area contributed by atoms with Crippen LogP contribution in [0.25, 0.3) is 0 Å². The number of carboxylic acid groups (broad SMARTS) is 1. The van der Waals surface area contributed by atoms with Gasteiger partial charge < -0.3 is 29.9 Å². The lowest BCUT2D eigenvalue weighted by Gasteiger charge is -2.60. The van der Waals surface area contributed by atoms with Crippen LogP contribution in [0.1, 0.15) is 78.1 Å². The second-order valence-corrected chi connectivity index (χ2v) is 11.9. The van der Waals surface area contributed by atoms with Crippen molar-refractivity contribution in [3.63, 3.8) is 0 Å². The summed E-state index contributed by atoms with van der Waals surface area (Å²) in [6.07, 6.45) is 4.57. The molecule has 0 amide bonds. The number of aliphatic hydroxyl groups is 3. The zero-order chi connectivity index (χ0) is 22.8. The SMILES string of the molecule is C[C@]12CCCC[C@H]1CC[C@@H]1[C@@H]2CC[C@]2(C)[C@@H](O[C@@H]3O[C@H](C(=O)O)[C@@H](O)[C@H](O)[C@H]3O)CC[C@@H]12. The van der Waals surface area contributed by atoms with E-state index in [2.05, 4.69) is 13.8 Å². The van der Waals surface area contributed by atoms with Crippen LogP contribution in [0, 0.1) is 34.5 Å². The number of aliphatic hydroxyl groups excluding tert-OH is 3. The molecular weight excluding hydrogens is 412 g/mol. The fraction of sp³-hybridized carbons (Fsp3) is 0.960. The molecule has 7 nitrogen and oxygen atoms in total. The first-order valence-corrected chi connectivity index (χ1v) is 12.7. The van der Waals surface area contributed by atoms with Gasteiger partial charge in [0.1, 0.15) is 18.3 Å². The Morgan fingerprint density at radius 2 is 1.59 bits per heavy atom. The standard InChI is InChI=1S/C25H40O7/c1-24-11-4-3-5-13(24)6-7-14-15-8-9-17(25(15,2)12-10-16(14)24)31-23-20(28)18(26)19(27)21(32-23)22(29)30/h13-21,23,26-28H,3-12H2,1-2H3,(H,29,30)/t13-,14-,15-,16-,17-,18-,19-,20+,21-,23+,24-,25-/m0/s1. The molecule has 0 radical (unpaired) electrons. The van der Waals surface area contributed by atoms with Crippen LogP contribution >= 0.6 is 0 Å². The molecule has 1 heterocycles. The number of hydrogen-bond donors (Lipinski definition) is 4. The Hall–Kier alpha value is -0.730. The number of hydrogen-bond acceptors (Lipinski definition) is 6. The van der Waals surface area contributed by atoms with Crippen LogP contribution in [0.4, 0.5) is 0 Å². The van der Waals surface area contributed by atoms with Crippen LogP contribution < -0.4 is 0 Å². The highest BCUT2D eigenvalue weighted by atomic mass is 16.7. The zero-order valence-electron chi connectivity index (χ0n) is 19.4. The molecule has 0 spiro atoms. The van der Waals surface area contributed by atoms with Crippen molar-refractivity contribution in [2.45, 2.75) is 115 Å². The Morgan fingerprint density at radius 1 is 0.844 bits per heavy atom. The van der Waals surface area contributed by atoms with Gasteiger partial charge in [-0.3, -0.25) is 0 Å². The first kappa shape index (κ1) is 23.0. The molecule has 5 aliphatic rings. The minimum Gasteiger partial charge on any atom is -0.479 e. The molecule has 0 aromatic carbocycles. The molecule has 5 fully saturated rings. The monoisotopic (exact) mass is 452 g/mol. The molecule has 1 saturated heterocycles. The van der Waals surface area contributed by atoms with Crippen LogP contribution in [0.15, 0.2) is 0 Å². The Morgan fingerprint density at radius 3 is 2.34 bits per heavy atom. The fourth-order valence-electron chi connectivity index (χ4n) is 8.80. The zero-order valence-corrected chi connectivity index (χ0v) is 19.4. The molecule has 4 saturated carbocycles. The van der Waals surface area contributed by atoms with E-state index in [0.717, 1.165) is 31.1 Å². The minimum atomic E-state index is -1.68. The maximum atomic E-state index is 11.5. The number of rotatable bonds is 3. The summed E-state index contributed by atoms with van der Waals surface area (Å²) in [5.74, 6) is 1.56. The van der Waals surface area contributed by atoms with E-state index in [-0.39, 0.29) is 11.5 Å². The van der Waals surface area contributed by atoms with E-state index >= 15 is 0 Å². The van der Waals surface area contributed by atoms with Gasteiger partial charge in [-0.1, -0.05) is 26.7 Å². The summed E-state index contributed by atoms with van der Waals surface area (Å²) in [5.41, 5.74) is 0.431. The van der Waals surface area contributed by atoms with Gasteiger partial charge >= 0.3 is 5.97 Å². The van der Waals surface area contributed by atoms with Crippen LogP contribution in [0.3, 0.4) is 0 Å². The van der Waals surface area contributed by atoms with E-state index in [9.17, 15) is 25.2 Å². The average Bonchev–Trinajstić information content (AvgIpc) is 3.09. The van der Waals surface area contributed by atoms with E-state index in [0.29, 0.717) is 17.3 Å². The lowest BCUT2D eigenvalue weighted by atomic mass is 9.45. The Kier molecular flexibility index (Phi) is 5.90. The van der Waals surface area contributed by atoms with Crippen molar-refractivity contribution in [3.8, 4) is 0 Å². The molecule has 5 rings (SSSR count). The summed E-state index contributed by atoms with van der Waals surface area (Å²) in [6.45, 7) is 4.86. The van der Waals surface area contributed by atoms with Gasteiger partial charge in [0, 0.05) is 0 Å². The predicted octanol–water partition coefficient (Wildman–Crippen LogP) is 2.70. The first-order valence-electron chi connectivity index (χ1n) is 12.7. The number of fused-ring (bicyclic) bond motifs is 5. The Labute approximate surface area is 190 Å². The summed E-state index contributed by atoms with van der Waals surface area (Å²) < 4.78 is 11.7. The van der Waals surface area contributed by atoms with Crippen molar-refractivity contribution in [2.24, 2.45) is 34.5 Å². The smallest absolute Gasteiger partial charge is 0.335 e. The largest absolute Gasteiger partial charge is 0.479 e. The van der Waals surface area contributed by atoms with E-state index < -0.39 is 36.7 Å². The average molecular weight is 453 g/mol. The van der Waals surface area contributed by atoms with Crippen molar-refractivity contribution < 1.29 is 34.7 Å². The first-order chi connectivity index (χ1) is 15.2. The van der Waals surface area contributed by atoms with Crippen molar-refractivity contribution >= 4 is 5.97 Å². The van der Waals surface area contributed by atoms with Gasteiger partial charge in [-0.15, -0.1) is 0 Å². The third-order valence-electron chi connectivity index (χ3n) is 10.6. The molecule has 182 valence electrons. The molecule has 0 aromatic rings. The van der Waals surface area contributed by atoms with Crippen molar-refractivity contribution in [2.75, 3.05) is 0 Å². The molecule has 1 aliphatic heterocycles. The van der Waals surface area contributed by atoms with E-state index in [4.69, 9.17) is 9.47 Å². The van der Waals surface area contributed by atoms with Crippen molar-refractivity contribution in [3.05, 3.63) is 0 Å². The summed E-state index contributed by atoms with van der Waals surface area (Å²) in [7, 11) is 0. The molecule has 4 aliphatic carbocycles. The van der Waals surface area contributed by atoms with Gasteiger partial charge in [0.15, 0.2) is 12.4 Å². The van der Waals surface area contributed by atoms with Crippen LogP contribution in [0.2, 0.25) is 0 Å². The molecule has 12 atom stereocenters. The lowest BCUT2D eigenvalue weighted by Crippen LogP contribution is -2.61. The second kappa shape index (κ2) is 8.19. The van der Waals surface area contributed by atoms with E-state index in [1.165, 1.54) is 44.9 Å². The molecule has 0 aromatic heterocycles. The number of carboxylic acids is 1. The summed E-state index contributed by atoms with van der Waals surface area (Å²) in [4.78, 5) is 11.5. The summed E-state index contributed by atoms with van der Waals surface area (Å²) >= 11 is 0. The summed E-state index contributed by atoms with van der Waals surface area (Å²) in [6, 6.07) is 0. The second-order valence-electron chi connectivity index (χ2n) is 11.9. The van der Waals surface area contributed by atoms with Gasteiger partial charge in [0.2, 0.25) is 0 Å². The van der Waals surface area contributed by atoms with Crippen LogP contribution in [-0.2, 0) is 14.3 Å². The quantitative estimate of drug-likeness (QED) is 0.520. The number of aliphatic carboxylic acids is 1. The maximum Gasteiger partial charge on any atom is 0.335 e. The normalized spacial score (nSPS) is 55.5. The van der Waals surface area contributed by atoms with Gasteiger partial charge in [-0.25, -0.2) is 4.79 Å². The predicted molar refractivity (Wildman–Crippen MR) is 116 cm³/mol. The third-order valence-corrected chi connectivity index (χ3v) is 10.6. The molecule has 0 bridgehead atoms. The van der Waals surface area contributed by atoms with Gasteiger partial charge in [-0.2, -0.15) is 0 Å². The van der Waals surface area contributed by atoms with E-state index in [1.54, 1.807) is 0 Å². The molecule has 32 heavy (non-hydrogen) atoms. The lowest BCUT2D eigenvalue weighted by molar-refractivity contribution is -0.313. The maximum absolute atomic E-state index is 11.5. The summed E-state index contributed by atoms with van der Waals surface area (Å²) in [5, 5.41) is 39.9. The van der Waals surface area contributed by atoms with Crippen LogP contribution in [0.5, 0.6) is 0 Å². The molecular formula is C25H40O7. The molecule has 7 heteroatoms. The topological polar surface area (TPSA) is 116 Å². The fourth-order valence-corrected chi connectivity index (χ4v) is 8.80. The number of ether oxygens (including phenoxy) is 2. The van der Waals surface area contributed by atoms with E-state index in [1.807, 2.05) is 0 Å². The Bertz CT molecular complexity index is 729. The van der Waals surface area contributed by atoms with Gasteiger partial charge in [0.05, 0.1) is 6.10 Å². The highest BCUT2D eigenvalue weighted by molar-refractivity contribution is 5.73. The minimum absolute atomic E-state index is 0.0398. The highest BCUT2D eigenvalue weighted by Gasteiger charge is 2.61.